The average molecular weight is 350 g/mol. The van der Waals surface area contributed by atoms with E-state index in [2.05, 4.69) is 46.1 Å². The van der Waals surface area contributed by atoms with Crippen molar-refractivity contribution in [3.8, 4) is 5.82 Å². The number of anilines is 2. The largest absolute Gasteiger partial charge is 0.369 e. The highest BCUT2D eigenvalue weighted by atomic mass is 16.1. The van der Waals surface area contributed by atoms with Gasteiger partial charge in [0.2, 0.25) is 0 Å². The molecule has 3 aromatic rings. The van der Waals surface area contributed by atoms with E-state index in [1.165, 1.54) is 6.33 Å². The monoisotopic (exact) mass is 350 g/mol. The zero-order valence-corrected chi connectivity index (χ0v) is 15.1. The van der Waals surface area contributed by atoms with Crippen molar-refractivity contribution in [3.05, 3.63) is 60.8 Å². The fourth-order valence-electron chi connectivity index (χ4n) is 2.78. The summed E-state index contributed by atoms with van der Waals surface area (Å²) in [6.07, 6.45) is 4.61. The Balaban J connectivity index is 1.68. The summed E-state index contributed by atoms with van der Waals surface area (Å²) in [6.45, 7) is 7.35. The average Bonchev–Trinajstić information content (AvgIpc) is 3.18. The number of carbonyl (C=O) groups is 1. The second-order valence-electron chi connectivity index (χ2n) is 6.13. The number of aromatic nitrogens is 4. The van der Waals surface area contributed by atoms with Gasteiger partial charge in [-0.25, -0.2) is 14.6 Å². The third-order valence-electron chi connectivity index (χ3n) is 4.08. The molecule has 1 aromatic carbocycles. The number of hydrogen-bond acceptors (Lipinski definition) is 5. The van der Waals surface area contributed by atoms with Gasteiger partial charge in [-0.15, -0.1) is 0 Å². The molecule has 7 heteroatoms. The number of rotatable bonds is 6. The Labute approximate surface area is 152 Å². The van der Waals surface area contributed by atoms with E-state index >= 15 is 0 Å². The summed E-state index contributed by atoms with van der Waals surface area (Å²) in [7, 11) is 0. The van der Waals surface area contributed by atoms with Crippen LogP contribution in [0.1, 0.15) is 31.1 Å². The van der Waals surface area contributed by atoms with Crippen molar-refractivity contribution >= 4 is 17.3 Å². The highest BCUT2D eigenvalue weighted by molar-refractivity contribution is 6.04. The van der Waals surface area contributed by atoms with Crippen molar-refractivity contribution < 1.29 is 4.79 Å². The molecule has 0 aliphatic heterocycles. The van der Waals surface area contributed by atoms with Crippen molar-refractivity contribution in [3.63, 3.8) is 0 Å². The van der Waals surface area contributed by atoms with Crippen molar-refractivity contribution in [1.82, 2.24) is 19.7 Å². The first-order valence-electron chi connectivity index (χ1n) is 8.57. The Kier molecular flexibility index (Phi) is 5.26. The highest BCUT2D eigenvalue weighted by Crippen LogP contribution is 2.18. The summed E-state index contributed by atoms with van der Waals surface area (Å²) >= 11 is 0. The Morgan fingerprint density at radius 2 is 1.96 bits per heavy atom. The van der Waals surface area contributed by atoms with Gasteiger partial charge < -0.3 is 10.2 Å². The lowest BCUT2D eigenvalue weighted by molar-refractivity contribution is 0.102. The molecule has 0 saturated heterocycles. The number of amides is 1. The Hall–Kier alpha value is -3.22. The van der Waals surface area contributed by atoms with E-state index in [0.717, 1.165) is 12.2 Å². The molecule has 0 aliphatic carbocycles. The maximum atomic E-state index is 12.4. The topological polar surface area (TPSA) is 75.9 Å². The van der Waals surface area contributed by atoms with E-state index in [-0.39, 0.29) is 5.91 Å². The van der Waals surface area contributed by atoms with Crippen LogP contribution in [0.15, 0.2) is 55.2 Å². The molecule has 0 bridgehead atoms. The number of pyridine rings is 1. The lowest BCUT2D eigenvalue weighted by Crippen LogP contribution is -2.30. The van der Waals surface area contributed by atoms with Crippen LogP contribution in [0.4, 0.5) is 11.4 Å². The summed E-state index contributed by atoms with van der Waals surface area (Å²) in [4.78, 5) is 22.9. The van der Waals surface area contributed by atoms with Crippen LogP contribution in [0, 0.1) is 0 Å². The SMILES string of the molecule is CCN(c1ccc(C(=O)Nc2ccc(-n3cncn3)nc2)cc1)C(C)C. The van der Waals surface area contributed by atoms with Crippen LogP contribution >= 0.6 is 0 Å². The van der Waals surface area contributed by atoms with Gasteiger partial charge in [-0.05, 0) is 57.2 Å². The lowest BCUT2D eigenvalue weighted by atomic mass is 10.1. The molecule has 7 nitrogen and oxygen atoms in total. The van der Waals surface area contributed by atoms with Crippen LogP contribution in [0.3, 0.4) is 0 Å². The minimum atomic E-state index is -0.167. The van der Waals surface area contributed by atoms with Gasteiger partial charge in [0.1, 0.15) is 12.7 Å². The Bertz CT molecular complexity index is 841. The smallest absolute Gasteiger partial charge is 0.255 e. The minimum absolute atomic E-state index is 0.167. The second kappa shape index (κ2) is 7.77. The minimum Gasteiger partial charge on any atom is -0.369 e. The molecule has 0 radical (unpaired) electrons. The van der Waals surface area contributed by atoms with Crippen LogP contribution < -0.4 is 10.2 Å². The van der Waals surface area contributed by atoms with Gasteiger partial charge in [0.05, 0.1) is 11.9 Å². The van der Waals surface area contributed by atoms with E-state index in [4.69, 9.17) is 0 Å². The quantitative estimate of drug-likeness (QED) is 0.739. The van der Waals surface area contributed by atoms with E-state index in [1.807, 2.05) is 24.3 Å². The molecule has 1 N–H and O–H groups in total. The van der Waals surface area contributed by atoms with Gasteiger partial charge >= 0.3 is 0 Å². The molecular formula is C19H22N6O. The zero-order valence-electron chi connectivity index (χ0n) is 15.1. The Morgan fingerprint density at radius 1 is 1.19 bits per heavy atom. The third kappa shape index (κ3) is 3.88. The molecule has 0 saturated carbocycles. The first-order chi connectivity index (χ1) is 12.6. The van der Waals surface area contributed by atoms with Crippen LogP contribution in [0.25, 0.3) is 5.82 Å². The number of nitrogens with one attached hydrogen (secondary N) is 1. The summed E-state index contributed by atoms with van der Waals surface area (Å²) in [5.41, 5.74) is 2.34. The maximum Gasteiger partial charge on any atom is 0.255 e. The van der Waals surface area contributed by atoms with Crippen LogP contribution in [-0.4, -0.2) is 38.2 Å². The summed E-state index contributed by atoms with van der Waals surface area (Å²) in [5.74, 6) is 0.470. The number of nitrogens with zero attached hydrogens (tertiary/aromatic N) is 5. The molecular weight excluding hydrogens is 328 g/mol. The first-order valence-corrected chi connectivity index (χ1v) is 8.57. The van der Waals surface area contributed by atoms with Crippen molar-refractivity contribution in [2.24, 2.45) is 0 Å². The van der Waals surface area contributed by atoms with Gasteiger partial charge in [-0.3, -0.25) is 4.79 Å². The molecule has 2 aromatic heterocycles. The van der Waals surface area contributed by atoms with Crippen LogP contribution in [0.2, 0.25) is 0 Å². The lowest BCUT2D eigenvalue weighted by Gasteiger charge is -2.27. The molecule has 26 heavy (non-hydrogen) atoms. The molecule has 0 unspecified atom stereocenters. The molecule has 3 rings (SSSR count). The first kappa shape index (κ1) is 17.6. The van der Waals surface area contributed by atoms with Crippen LogP contribution in [-0.2, 0) is 0 Å². The summed E-state index contributed by atoms with van der Waals surface area (Å²) < 4.78 is 1.55. The van der Waals surface area contributed by atoms with Crippen molar-refractivity contribution in [2.45, 2.75) is 26.8 Å². The molecule has 0 fully saturated rings. The fourth-order valence-corrected chi connectivity index (χ4v) is 2.78. The number of hydrogen-bond donors (Lipinski definition) is 1. The van der Waals surface area contributed by atoms with E-state index in [0.29, 0.717) is 23.1 Å². The number of benzene rings is 1. The normalized spacial score (nSPS) is 10.8. The van der Waals surface area contributed by atoms with Crippen LogP contribution in [0.5, 0.6) is 0 Å². The molecule has 0 spiro atoms. The summed E-state index contributed by atoms with van der Waals surface area (Å²) in [6, 6.07) is 11.6. The molecule has 1 amide bonds. The van der Waals surface area contributed by atoms with E-state index < -0.39 is 0 Å². The van der Waals surface area contributed by atoms with Gasteiger partial charge in [0, 0.05) is 23.8 Å². The predicted molar refractivity (Wildman–Crippen MR) is 102 cm³/mol. The van der Waals surface area contributed by atoms with Gasteiger partial charge in [-0.2, -0.15) is 5.10 Å². The van der Waals surface area contributed by atoms with Gasteiger partial charge in [0.15, 0.2) is 5.82 Å². The molecule has 0 atom stereocenters. The van der Waals surface area contributed by atoms with Crippen molar-refractivity contribution in [1.29, 1.82) is 0 Å². The number of carbonyl (C=O) groups excluding carboxylic acids is 1. The highest BCUT2D eigenvalue weighted by Gasteiger charge is 2.11. The standard InChI is InChI=1S/C19H22N6O/c1-4-24(14(2)3)17-8-5-15(6-9-17)19(26)23-16-7-10-18(21-11-16)25-13-20-12-22-25/h5-14H,4H2,1-3H3,(H,23,26). The molecule has 0 aliphatic rings. The molecule has 134 valence electrons. The Morgan fingerprint density at radius 3 is 2.50 bits per heavy atom. The fraction of sp³-hybridized carbons (Fsp3) is 0.263. The van der Waals surface area contributed by atoms with Crippen molar-refractivity contribution in [2.75, 3.05) is 16.8 Å². The molecule has 2 heterocycles. The van der Waals surface area contributed by atoms with E-state index in [9.17, 15) is 4.79 Å². The second-order valence-corrected chi connectivity index (χ2v) is 6.13. The maximum absolute atomic E-state index is 12.4. The summed E-state index contributed by atoms with van der Waals surface area (Å²) in [5, 5.41) is 6.87. The third-order valence-corrected chi connectivity index (χ3v) is 4.08. The van der Waals surface area contributed by atoms with E-state index in [1.54, 1.807) is 29.3 Å². The van der Waals surface area contributed by atoms with Gasteiger partial charge in [0.25, 0.3) is 5.91 Å². The predicted octanol–water partition coefficient (Wildman–Crippen LogP) is 3.15. The van der Waals surface area contributed by atoms with Gasteiger partial charge in [-0.1, -0.05) is 0 Å². The zero-order chi connectivity index (χ0) is 18.5.